The Morgan fingerprint density at radius 1 is 1.24 bits per heavy atom. The highest BCUT2D eigenvalue weighted by Gasteiger charge is 2.09. The minimum absolute atomic E-state index is 0.661. The van der Waals surface area contributed by atoms with Crippen molar-refractivity contribution < 1.29 is 4.74 Å². The molecule has 1 heterocycles. The maximum atomic E-state index is 6.01. The van der Waals surface area contributed by atoms with E-state index in [1.54, 1.807) is 6.20 Å². The third-order valence-electron chi connectivity index (χ3n) is 3.17. The van der Waals surface area contributed by atoms with Crippen LogP contribution in [0.4, 0.5) is 0 Å². The van der Waals surface area contributed by atoms with E-state index in [1.807, 2.05) is 6.07 Å². The summed E-state index contributed by atoms with van der Waals surface area (Å²) in [6, 6.07) is 8.21. The van der Waals surface area contributed by atoms with Crippen molar-refractivity contribution in [1.82, 2.24) is 10.3 Å². The van der Waals surface area contributed by atoms with Gasteiger partial charge in [0, 0.05) is 22.8 Å². The summed E-state index contributed by atoms with van der Waals surface area (Å²) < 4.78 is 6.97. The molecule has 0 saturated heterocycles. The van der Waals surface area contributed by atoms with E-state index in [2.05, 4.69) is 65.2 Å². The number of rotatable bonds is 6. The van der Waals surface area contributed by atoms with Gasteiger partial charge in [-0.15, -0.1) is 0 Å². The van der Waals surface area contributed by atoms with Gasteiger partial charge in [-0.05, 0) is 60.4 Å². The molecule has 0 unspecified atom stereocenters. The molecule has 0 aliphatic heterocycles. The van der Waals surface area contributed by atoms with Gasteiger partial charge in [-0.3, -0.25) is 0 Å². The van der Waals surface area contributed by atoms with Crippen molar-refractivity contribution in [3.63, 3.8) is 0 Å². The Hall–Kier alpha value is -1.39. The summed E-state index contributed by atoms with van der Waals surface area (Å²) in [4.78, 5) is 4.41. The Kier molecular flexibility index (Phi) is 5.76. The van der Waals surface area contributed by atoms with Gasteiger partial charge in [-0.25, -0.2) is 4.98 Å². The predicted molar refractivity (Wildman–Crippen MR) is 89.9 cm³/mol. The number of halogens is 1. The van der Waals surface area contributed by atoms with Gasteiger partial charge >= 0.3 is 0 Å². The minimum atomic E-state index is 0.661. The van der Waals surface area contributed by atoms with Crippen LogP contribution in [0.1, 0.15) is 30.0 Å². The lowest BCUT2D eigenvalue weighted by molar-refractivity contribution is 0.449. The number of hydrogen-bond acceptors (Lipinski definition) is 3. The number of ether oxygens (including phenoxy) is 1. The molecule has 2 aromatic rings. The van der Waals surface area contributed by atoms with Gasteiger partial charge in [0.1, 0.15) is 5.75 Å². The second-order valence-electron chi connectivity index (χ2n) is 5.17. The van der Waals surface area contributed by atoms with E-state index in [-0.39, 0.29) is 0 Å². The molecule has 0 saturated carbocycles. The van der Waals surface area contributed by atoms with Crippen molar-refractivity contribution in [3.05, 3.63) is 51.6 Å². The first-order chi connectivity index (χ1) is 10.1. The maximum Gasteiger partial charge on any atom is 0.223 e. The number of hydrogen-bond donors (Lipinski definition) is 1. The SMILES string of the molecule is CCCNCc1cc(Br)cnc1Oc1ccc(C)cc1C. The quantitative estimate of drug-likeness (QED) is 0.764. The molecule has 0 bridgehead atoms. The van der Waals surface area contributed by atoms with E-state index < -0.39 is 0 Å². The van der Waals surface area contributed by atoms with Crippen molar-refractivity contribution in [2.75, 3.05) is 6.54 Å². The summed E-state index contributed by atoms with van der Waals surface area (Å²) in [7, 11) is 0. The molecule has 0 aliphatic rings. The van der Waals surface area contributed by atoms with Crippen LogP contribution in [-0.2, 0) is 6.54 Å². The van der Waals surface area contributed by atoms with Crippen molar-refractivity contribution in [3.8, 4) is 11.6 Å². The Bertz CT molecular complexity index is 614. The fraction of sp³-hybridized carbons (Fsp3) is 0.353. The Morgan fingerprint density at radius 2 is 2.05 bits per heavy atom. The van der Waals surface area contributed by atoms with E-state index in [0.717, 1.165) is 40.9 Å². The molecular formula is C17H21BrN2O. The molecule has 4 heteroatoms. The zero-order valence-corrected chi connectivity index (χ0v) is 14.3. The van der Waals surface area contributed by atoms with Crippen molar-refractivity contribution >= 4 is 15.9 Å². The monoisotopic (exact) mass is 348 g/mol. The fourth-order valence-corrected chi connectivity index (χ4v) is 2.48. The summed E-state index contributed by atoms with van der Waals surface area (Å²) in [6.45, 7) is 8.01. The number of benzene rings is 1. The first kappa shape index (κ1) is 16.0. The average Bonchev–Trinajstić information content (AvgIpc) is 2.44. The van der Waals surface area contributed by atoms with Crippen LogP contribution >= 0.6 is 15.9 Å². The normalized spacial score (nSPS) is 10.7. The zero-order valence-electron chi connectivity index (χ0n) is 12.7. The van der Waals surface area contributed by atoms with Crippen LogP contribution < -0.4 is 10.1 Å². The van der Waals surface area contributed by atoms with Crippen LogP contribution in [-0.4, -0.2) is 11.5 Å². The number of nitrogens with one attached hydrogen (secondary N) is 1. The predicted octanol–water partition coefficient (Wildman–Crippen LogP) is 4.75. The largest absolute Gasteiger partial charge is 0.438 e. The molecule has 1 N–H and O–H groups in total. The standard InChI is InChI=1S/C17H21BrN2O/c1-4-7-19-10-14-9-15(18)11-20-17(14)21-16-6-5-12(2)8-13(16)3/h5-6,8-9,11,19H,4,7,10H2,1-3H3. The highest BCUT2D eigenvalue weighted by Crippen LogP contribution is 2.28. The van der Waals surface area contributed by atoms with Gasteiger partial charge in [0.2, 0.25) is 5.88 Å². The second-order valence-corrected chi connectivity index (χ2v) is 6.08. The summed E-state index contributed by atoms with van der Waals surface area (Å²) in [5.41, 5.74) is 3.40. The molecule has 112 valence electrons. The molecule has 1 aromatic carbocycles. The Balaban J connectivity index is 2.22. The summed E-state index contributed by atoms with van der Waals surface area (Å²) in [5.74, 6) is 1.51. The molecule has 2 rings (SSSR count). The molecule has 0 radical (unpaired) electrons. The van der Waals surface area contributed by atoms with Crippen LogP contribution in [0.15, 0.2) is 34.9 Å². The van der Waals surface area contributed by atoms with Crippen LogP contribution in [0.25, 0.3) is 0 Å². The van der Waals surface area contributed by atoms with Gasteiger partial charge in [-0.1, -0.05) is 24.6 Å². The topological polar surface area (TPSA) is 34.2 Å². The Morgan fingerprint density at radius 3 is 2.76 bits per heavy atom. The summed E-state index contributed by atoms with van der Waals surface area (Å²) in [6.07, 6.45) is 2.87. The van der Waals surface area contributed by atoms with Gasteiger partial charge in [0.15, 0.2) is 0 Å². The van der Waals surface area contributed by atoms with E-state index in [9.17, 15) is 0 Å². The van der Waals surface area contributed by atoms with Gasteiger partial charge < -0.3 is 10.1 Å². The number of pyridine rings is 1. The van der Waals surface area contributed by atoms with E-state index in [1.165, 1.54) is 5.56 Å². The average molecular weight is 349 g/mol. The smallest absolute Gasteiger partial charge is 0.223 e. The zero-order chi connectivity index (χ0) is 15.2. The third kappa shape index (κ3) is 4.55. The highest BCUT2D eigenvalue weighted by atomic mass is 79.9. The number of aromatic nitrogens is 1. The summed E-state index contributed by atoms with van der Waals surface area (Å²) in [5, 5.41) is 3.39. The van der Waals surface area contributed by atoms with E-state index in [4.69, 9.17) is 4.74 Å². The maximum absolute atomic E-state index is 6.01. The minimum Gasteiger partial charge on any atom is -0.438 e. The van der Waals surface area contributed by atoms with Gasteiger partial charge in [-0.2, -0.15) is 0 Å². The van der Waals surface area contributed by atoms with Gasteiger partial charge in [0.25, 0.3) is 0 Å². The first-order valence-electron chi connectivity index (χ1n) is 7.20. The van der Waals surface area contributed by atoms with E-state index in [0.29, 0.717) is 5.88 Å². The molecule has 21 heavy (non-hydrogen) atoms. The highest BCUT2D eigenvalue weighted by molar-refractivity contribution is 9.10. The molecule has 0 spiro atoms. The van der Waals surface area contributed by atoms with Crippen LogP contribution in [0, 0.1) is 13.8 Å². The molecule has 0 aliphatic carbocycles. The van der Waals surface area contributed by atoms with Gasteiger partial charge in [0.05, 0.1) is 0 Å². The molecule has 0 atom stereocenters. The van der Waals surface area contributed by atoms with Crippen molar-refractivity contribution in [2.24, 2.45) is 0 Å². The van der Waals surface area contributed by atoms with E-state index >= 15 is 0 Å². The molecule has 0 amide bonds. The lowest BCUT2D eigenvalue weighted by Crippen LogP contribution is -2.14. The molecule has 0 fully saturated rings. The molecular weight excluding hydrogens is 328 g/mol. The number of aryl methyl sites for hydroxylation is 2. The van der Waals surface area contributed by atoms with Crippen molar-refractivity contribution in [1.29, 1.82) is 0 Å². The van der Waals surface area contributed by atoms with Crippen molar-refractivity contribution in [2.45, 2.75) is 33.7 Å². The van der Waals surface area contributed by atoms with Crippen LogP contribution in [0.5, 0.6) is 11.6 Å². The molecule has 3 nitrogen and oxygen atoms in total. The fourth-order valence-electron chi connectivity index (χ4n) is 2.11. The third-order valence-corrected chi connectivity index (χ3v) is 3.60. The van der Waals surface area contributed by atoms with Crippen LogP contribution in [0.2, 0.25) is 0 Å². The van der Waals surface area contributed by atoms with Crippen LogP contribution in [0.3, 0.4) is 0 Å². The number of nitrogens with zero attached hydrogens (tertiary/aromatic N) is 1. The summed E-state index contributed by atoms with van der Waals surface area (Å²) >= 11 is 3.47. The lowest BCUT2D eigenvalue weighted by atomic mass is 10.1. The molecule has 1 aromatic heterocycles. The Labute approximate surface area is 134 Å². The second kappa shape index (κ2) is 7.57. The first-order valence-corrected chi connectivity index (χ1v) is 7.99. The lowest BCUT2D eigenvalue weighted by Gasteiger charge is -2.13.